The van der Waals surface area contributed by atoms with E-state index in [-0.39, 0.29) is 23.7 Å². The molecule has 33 heavy (non-hydrogen) atoms. The molecule has 0 bridgehead atoms. The number of rotatable bonds is 9. The van der Waals surface area contributed by atoms with Gasteiger partial charge in [-0.1, -0.05) is 6.07 Å². The minimum absolute atomic E-state index is 0.0807. The van der Waals surface area contributed by atoms with Crippen LogP contribution in [-0.4, -0.2) is 37.5 Å². The van der Waals surface area contributed by atoms with E-state index in [4.69, 9.17) is 18.6 Å². The summed E-state index contributed by atoms with van der Waals surface area (Å²) >= 11 is 1.43. The van der Waals surface area contributed by atoms with Gasteiger partial charge in [-0.15, -0.1) is 11.8 Å². The van der Waals surface area contributed by atoms with Crippen molar-refractivity contribution < 1.29 is 33.6 Å². The Hall–Kier alpha value is -3.59. The minimum atomic E-state index is -0.868. The van der Waals surface area contributed by atoms with Crippen LogP contribution >= 0.6 is 11.8 Å². The topological polar surface area (TPSA) is 115 Å². The summed E-state index contributed by atoms with van der Waals surface area (Å²) in [6, 6.07) is 13.2. The summed E-state index contributed by atoms with van der Waals surface area (Å²) in [5.74, 6) is -0.673. The highest BCUT2D eigenvalue weighted by molar-refractivity contribution is 7.98. The molecule has 174 valence electrons. The highest BCUT2D eigenvalue weighted by Crippen LogP contribution is 2.38. The molecule has 2 aromatic carbocycles. The molecular weight excluding hydrogens is 448 g/mol. The summed E-state index contributed by atoms with van der Waals surface area (Å²) < 4.78 is 20.9. The van der Waals surface area contributed by atoms with Crippen LogP contribution in [0.1, 0.15) is 29.4 Å². The average Bonchev–Trinajstić information content (AvgIpc) is 2.83. The van der Waals surface area contributed by atoms with Crippen LogP contribution in [0.15, 0.2) is 62.6 Å². The van der Waals surface area contributed by atoms with Crippen molar-refractivity contribution in [2.75, 3.05) is 21.3 Å². The molecule has 1 aromatic heterocycles. The maximum atomic E-state index is 12.5. The van der Waals surface area contributed by atoms with Gasteiger partial charge in [0.1, 0.15) is 11.5 Å². The van der Waals surface area contributed by atoms with Crippen molar-refractivity contribution >= 4 is 17.7 Å². The van der Waals surface area contributed by atoms with Gasteiger partial charge in [0.25, 0.3) is 0 Å². The second-order valence-corrected chi connectivity index (χ2v) is 8.07. The van der Waals surface area contributed by atoms with Gasteiger partial charge in [0.15, 0.2) is 17.3 Å². The molecular formula is C24H24O8S. The van der Waals surface area contributed by atoms with Crippen molar-refractivity contribution in [1.29, 1.82) is 0 Å². The first-order valence-electron chi connectivity index (χ1n) is 9.92. The monoisotopic (exact) mass is 472 g/mol. The van der Waals surface area contributed by atoms with Crippen LogP contribution in [0.2, 0.25) is 0 Å². The highest BCUT2D eigenvalue weighted by Gasteiger charge is 2.27. The summed E-state index contributed by atoms with van der Waals surface area (Å²) in [5, 5.41) is 20.7. The van der Waals surface area contributed by atoms with Crippen LogP contribution in [0.4, 0.5) is 0 Å². The molecule has 1 unspecified atom stereocenters. The molecule has 0 saturated heterocycles. The first-order valence-corrected chi connectivity index (χ1v) is 10.9. The Morgan fingerprint density at radius 2 is 1.76 bits per heavy atom. The molecule has 0 aliphatic rings. The van der Waals surface area contributed by atoms with E-state index in [0.717, 1.165) is 10.6 Å². The quantitative estimate of drug-likeness (QED) is 0.351. The summed E-state index contributed by atoms with van der Waals surface area (Å²) in [7, 11) is 4.24. The molecule has 0 aliphatic heterocycles. The van der Waals surface area contributed by atoms with Gasteiger partial charge in [0, 0.05) is 11.0 Å². The lowest BCUT2D eigenvalue weighted by Crippen LogP contribution is -2.14. The fraction of sp³-hybridized carbons (Fsp3) is 0.250. The molecule has 0 fully saturated rings. The number of carbonyl (C=O) groups excluding carboxylic acids is 1. The van der Waals surface area contributed by atoms with E-state index < -0.39 is 23.1 Å². The zero-order valence-electron chi connectivity index (χ0n) is 18.4. The molecule has 1 heterocycles. The van der Waals surface area contributed by atoms with Crippen LogP contribution in [0, 0.1) is 0 Å². The largest absolute Gasteiger partial charge is 0.504 e. The Kier molecular flexibility index (Phi) is 7.89. The number of ether oxygens (including phenoxy) is 3. The third-order valence-electron chi connectivity index (χ3n) is 4.96. The number of hydrogen-bond donors (Lipinski definition) is 2. The van der Waals surface area contributed by atoms with Crippen LogP contribution in [0.5, 0.6) is 23.0 Å². The van der Waals surface area contributed by atoms with Gasteiger partial charge >= 0.3 is 5.97 Å². The predicted molar refractivity (Wildman–Crippen MR) is 122 cm³/mol. The van der Waals surface area contributed by atoms with Crippen molar-refractivity contribution in [2.24, 2.45) is 0 Å². The smallest absolute Gasteiger partial charge is 0.306 e. The van der Waals surface area contributed by atoms with E-state index >= 15 is 0 Å². The number of phenolic OH excluding ortho intramolecular Hbond substituents is 1. The number of carbonyl (C=O) groups is 1. The maximum absolute atomic E-state index is 12.5. The molecule has 9 heteroatoms. The Bertz CT molecular complexity index is 1170. The first-order chi connectivity index (χ1) is 15.9. The van der Waals surface area contributed by atoms with Gasteiger partial charge < -0.3 is 28.8 Å². The highest BCUT2D eigenvalue weighted by atomic mass is 32.2. The number of hydrogen-bond acceptors (Lipinski definition) is 9. The number of benzene rings is 2. The van der Waals surface area contributed by atoms with Crippen LogP contribution in [0.25, 0.3) is 0 Å². The van der Waals surface area contributed by atoms with E-state index in [1.54, 1.807) is 13.2 Å². The number of methoxy groups -OCH3 is 3. The zero-order chi connectivity index (χ0) is 24.0. The average molecular weight is 473 g/mol. The zero-order valence-corrected chi connectivity index (χ0v) is 19.2. The molecule has 3 aromatic rings. The molecule has 0 aliphatic carbocycles. The molecule has 3 rings (SSSR count). The summed E-state index contributed by atoms with van der Waals surface area (Å²) in [5.41, 5.74) is -0.189. The van der Waals surface area contributed by atoms with Gasteiger partial charge in [0.05, 0.1) is 39.4 Å². The minimum Gasteiger partial charge on any atom is -0.504 e. The Morgan fingerprint density at radius 3 is 2.36 bits per heavy atom. The van der Waals surface area contributed by atoms with Crippen molar-refractivity contribution in [2.45, 2.75) is 23.0 Å². The number of thioether (sulfide) groups is 1. The lowest BCUT2D eigenvalue weighted by Gasteiger charge is -2.18. The van der Waals surface area contributed by atoms with E-state index in [1.807, 2.05) is 24.3 Å². The molecule has 8 nitrogen and oxygen atoms in total. The first kappa shape index (κ1) is 24.1. The predicted octanol–water partition coefficient (Wildman–Crippen LogP) is 4.06. The van der Waals surface area contributed by atoms with Crippen LogP contribution < -0.4 is 14.9 Å². The van der Waals surface area contributed by atoms with Gasteiger partial charge in [-0.25, -0.2) is 0 Å². The Morgan fingerprint density at radius 1 is 1.03 bits per heavy atom. The lowest BCUT2D eigenvalue weighted by molar-refractivity contribution is -0.140. The van der Waals surface area contributed by atoms with Crippen LogP contribution in [-0.2, 0) is 15.3 Å². The molecule has 0 radical (unpaired) electrons. The van der Waals surface area contributed by atoms with Gasteiger partial charge in [-0.3, -0.25) is 9.59 Å². The van der Waals surface area contributed by atoms with Crippen molar-refractivity contribution in [3.8, 4) is 23.0 Å². The third kappa shape index (κ3) is 5.81. The van der Waals surface area contributed by atoms with Gasteiger partial charge in [-0.2, -0.15) is 0 Å². The normalized spacial score (nSPS) is 11.6. The molecule has 0 spiro atoms. The van der Waals surface area contributed by atoms with Gasteiger partial charge in [-0.05, 0) is 42.0 Å². The number of esters is 1. The fourth-order valence-corrected chi connectivity index (χ4v) is 4.00. The van der Waals surface area contributed by atoms with E-state index in [0.29, 0.717) is 17.1 Å². The second kappa shape index (κ2) is 10.8. The summed E-state index contributed by atoms with van der Waals surface area (Å²) in [6.07, 6.45) is -0.214. The molecule has 0 saturated carbocycles. The molecule has 0 amide bonds. The van der Waals surface area contributed by atoms with E-state index in [1.165, 1.54) is 44.2 Å². The summed E-state index contributed by atoms with van der Waals surface area (Å²) in [6.45, 7) is 0. The van der Waals surface area contributed by atoms with Crippen molar-refractivity contribution in [3.63, 3.8) is 0 Å². The van der Waals surface area contributed by atoms with Crippen molar-refractivity contribution in [3.05, 3.63) is 75.8 Å². The summed E-state index contributed by atoms with van der Waals surface area (Å²) in [4.78, 5) is 25.5. The second-order valence-electron chi connectivity index (χ2n) is 7.02. The Labute approximate surface area is 194 Å². The van der Waals surface area contributed by atoms with Crippen molar-refractivity contribution in [1.82, 2.24) is 0 Å². The number of phenols is 1. The van der Waals surface area contributed by atoms with E-state index in [9.17, 15) is 19.8 Å². The molecule has 1 atom stereocenters. The Balaban J connectivity index is 1.96. The fourth-order valence-electron chi connectivity index (χ4n) is 3.22. The SMILES string of the molecule is COC(=O)CC(c1ccc(OC)c(O)c1)c1oc(CSc2ccc(OC)cc2)cc(=O)c1O. The third-order valence-corrected chi connectivity index (χ3v) is 6.00. The molecule has 2 N–H and O–H groups in total. The standard InChI is InChI=1S/C24H24O8S/c1-29-15-5-7-17(8-6-15)33-13-16-11-20(26)23(28)24(32-16)18(12-22(27)31-3)14-4-9-21(30-2)19(25)10-14/h4-11,18,25,28H,12-13H2,1-3H3. The lowest BCUT2D eigenvalue weighted by atomic mass is 9.92. The number of aromatic hydroxyl groups is 2. The maximum Gasteiger partial charge on any atom is 0.306 e. The van der Waals surface area contributed by atoms with Crippen LogP contribution in [0.3, 0.4) is 0 Å². The van der Waals surface area contributed by atoms with Gasteiger partial charge in [0.2, 0.25) is 11.2 Å². The van der Waals surface area contributed by atoms with E-state index in [2.05, 4.69) is 0 Å².